The maximum atomic E-state index is 12.2. The largest absolute Gasteiger partial charge is 0.481 e. The van der Waals surface area contributed by atoms with E-state index < -0.39 is 12.2 Å². The summed E-state index contributed by atoms with van der Waals surface area (Å²) < 4.78 is 10.9. The van der Waals surface area contributed by atoms with Gasteiger partial charge in [-0.3, -0.25) is 4.79 Å². The Morgan fingerprint density at radius 2 is 1.95 bits per heavy atom. The first kappa shape index (κ1) is 15.8. The van der Waals surface area contributed by atoms with Crippen LogP contribution in [-0.2, 0) is 9.53 Å². The summed E-state index contributed by atoms with van der Waals surface area (Å²) in [5, 5.41) is 9.75. The third-order valence-electron chi connectivity index (χ3n) is 3.63. The summed E-state index contributed by atoms with van der Waals surface area (Å²) >= 11 is 0. The molecule has 21 heavy (non-hydrogen) atoms. The minimum Gasteiger partial charge on any atom is -0.481 e. The minimum atomic E-state index is -0.523. The van der Waals surface area contributed by atoms with Crippen LogP contribution < -0.4 is 4.74 Å². The van der Waals surface area contributed by atoms with E-state index in [0.29, 0.717) is 38.5 Å². The lowest BCUT2D eigenvalue weighted by molar-refractivity contribution is -0.142. The van der Waals surface area contributed by atoms with Gasteiger partial charge in [-0.05, 0) is 31.0 Å². The van der Waals surface area contributed by atoms with Crippen LogP contribution in [0.5, 0.6) is 5.75 Å². The zero-order valence-electron chi connectivity index (χ0n) is 12.6. The third-order valence-corrected chi connectivity index (χ3v) is 3.63. The lowest BCUT2D eigenvalue weighted by Crippen LogP contribution is -2.46. The zero-order valence-corrected chi connectivity index (χ0v) is 12.6. The van der Waals surface area contributed by atoms with Gasteiger partial charge < -0.3 is 19.5 Å². The van der Waals surface area contributed by atoms with Crippen LogP contribution in [0.15, 0.2) is 24.3 Å². The summed E-state index contributed by atoms with van der Waals surface area (Å²) in [4.78, 5) is 14.0. The van der Waals surface area contributed by atoms with Crippen LogP contribution in [0.25, 0.3) is 0 Å². The Labute approximate surface area is 125 Å². The molecule has 2 rings (SSSR count). The van der Waals surface area contributed by atoms with Crippen molar-refractivity contribution in [3.8, 4) is 5.75 Å². The Morgan fingerprint density at radius 1 is 1.33 bits per heavy atom. The van der Waals surface area contributed by atoms with Crippen molar-refractivity contribution in [1.29, 1.82) is 0 Å². The Kier molecular flexibility index (Phi) is 5.59. The number of aliphatic hydroxyl groups excluding tert-OH is 1. The molecule has 2 atom stereocenters. The van der Waals surface area contributed by atoms with Crippen molar-refractivity contribution in [3.63, 3.8) is 0 Å². The molecule has 0 radical (unpaired) electrons. The lowest BCUT2D eigenvalue weighted by atomic mass is 10.1. The van der Waals surface area contributed by atoms with E-state index in [4.69, 9.17) is 9.47 Å². The van der Waals surface area contributed by atoms with Gasteiger partial charge in [-0.25, -0.2) is 0 Å². The van der Waals surface area contributed by atoms with Gasteiger partial charge in [0.05, 0.1) is 19.3 Å². The molecule has 1 unspecified atom stereocenters. The second kappa shape index (κ2) is 7.43. The number of nitrogens with zero attached hydrogens (tertiary/aromatic N) is 1. The molecule has 5 heteroatoms. The molecule has 1 saturated heterocycles. The van der Waals surface area contributed by atoms with Crippen LogP contribution in [0, 0.1) is 0 Å². The van der Waals surface area contributed by atoms with E-state index in [1.807, 2.05) is 19.1 Å². The van der Waals surface area contributed by atoms with Gasteiger partial charge in [0.1, 0.15) is 5.75 Å². The molecule has 1 heterocycles. The van der Waals surface area contributed by atoms with E-state index in [-0.39, 0.29) is 5.91 Å². The fourth-order valence-corrected chi connectivity index (χ4v) is 2.30. The third kappa shape index (κ3) is 4.19. The number of hydrogen-bond acceptors (Lipinski definition) is 4. The number of amides is 1. The van der Waals surface area contributed by atoms with E-state index >= 15 is 0 Å². The zero-order chi connectivity index (χ0) is 15.2. The van der Waals surface area contributed by atoms with E-state index in [0.717, 1.165) is 5.56 Å². The molecule has 1 N–H and O–H groups in total. The number of hydrogen-bond donors (Lipinski definition) is 1. The number of rotatable bonds is 5. The van der Waals surface area contributed by atoms with Gasteiger partial charge >= 0.3 is 0 Å². The van der Waals surface area contributed by atoms with Crippen molar-refractivity contribution >= 4 is 5.91 Å². The molecule has 0 saturated carbocycles. The Morgan fingerprint density at radius 3 is 2.52 bits per heavy atom. The van der Waals surface area contributed by atoms with E-state index in [1.165, 1.54) is 0 Å². The molecule has 0 aliphatic carbocycles. The van der Waals surface area contributed by atoms with Crippen LogP contribution in [0.4, 0.5) is 0 Å². The van der Waals surface area contributed by atoms with Gasteiger partial charge in [0, 0.05) is 13.1 Å². The van der Waals surface area contributed by atoms with E-state index in [1.54, 1.807) is 24.0 Å². The molecule has 116 valence electrons. The summed E-state index contributed by atoms with van der Waals surface area (Å²) in [5.74, 6) is 0.618. The first-order valence-electron chi connectivity index (χ1n) is 7.43. The summed E-state index contributed by atoms with van der Waals surface area (Å²) in [6.07, 6.45) is -0.303. The van der Waals surface area contributed by atoms with Gasteiger partial charge in [-0.1, -0.05) is 19.1 Å². The van der Waals surface area contributed by atoms with Gasteiger partial charge in [-0.15, -0.1) is 0 Å². The van der Waals surface area contributed by atoms with Crippen molar-refractivity contribution in [1.82, 2.24) is 4.90 Å². The molecule has 0 bridgehead atoms. The number of aliphatic hydroxyl groups is 1. The fourth-order valence-electron chi connectivity index (χ4n) is 2.30. The average molecular weight is 293 g/mol. The number of morpholine rings is 1. The minimum absolute atomic E-state index is 0.0176. The topological polar surface area (TPSA) is 59.0 Å². The predicted molar refractivity (Wildman–Crippen MR) is 79.2 cm³/mol. The fraction of sp³-hybridized carbons (Fsp3) is 0.562. The van der Waals surface area contributed by atoms with Crippen LogP contribution >= 0.6 is 0 Å². The molecule has 1 fully saturated rings. The number of carbonyl (C=O) groups excluding carboxylic acids is 1. The molecular formula is C16H23NO4. The second-order valence-corrected chi connectivity index (χ2v) is 5.19. The molecule has 5 nitrogen and oxygen atoms in total. The van der Waals surface area contributed by atoms with E-state index in [9.17, 15) is 9.90 Å². The Hall–Kier alpha value is -1.59. The van der Waals surface area contributed by atoms with Crippen LogP contribution in [0.1, 0.15) is 31.9 Å². The number of ether oxygens (including phenoxy) is 2. The first-order valence-corrected chi connectivity index (χ1v) is 7.43. The maximum Gasteiger partial charge on any atom is 0.263 e. The van der Waals surface area contributed by atoms with Gasteiger partial charge in [0.25, 0.3) is 5.91 Å². The summed E-state index contributed by atoms with van der Waals surface area (Å²) in [5.41, 5.74) is 0.858. The second-order valence-electron chi connectivity index (χ2n) is 5.19. The molecule has 1 aromatic rings. The van der Waals surface area contributed by atoms with Crippen LogP contribution in [-0.4, -0.2) is 48.3 Å². The smallest absolute Gasteiger partial charge is 0.263 e. The van der Waals surface area contributed by atoms with Gasteiger partial charge in [0.2, 0.25) is 0 Å². The molecule has 0 aromatic heterocycles. The molecule has 1 aliphatic rings. The van der Waals surface area contributed by atoms with Crippen molar-refractivity contribution < 1.29 is 19.4 Å². The highest BCUT2D eigenvalue weighted by atomic mass is 16.5. The SMILES string of the molecule is CC[C@H](O)c1ccc(OC(C)C(=O)N2CCOCC2)cc1. The van der Waals surface area contributed by atoms with Crippen molar-refractivity contribution in [2.45, 2.75) is 32.5 Å². The quantitative estimate of drug-likeness (QED) is 0.898. The highest BCUT2D eigenvalue weighted by molar-refractivity contribution is 5.81. The molecule has 0 spiro atoms. The van der Waals surface area contributed by atoms with Crippen LogP contribution in [0.3, 0.4) is 0 Å². The van der Waals surface area contributed by atoms with Crippen molar-refractivity contribution in [3.05, 3.63) is 29.8 Å². The van der Waals surface area contributed by atoms with Gasteiger partial charge in [0.15, 0.2) is 6.10 Å². The van der Waals surface area contributed by atoms with Crippen molar-refractivity contribution in [2.24, 2.45) is 0 Å². The molecule has 1 aromatic carbocycles. The number of benzene rings is 1. The monoisotopic (exact) mass is 293 g/mol. The van der Waals surface area contributed by atoms with Crippen molar-refractivity contribution in [2.75, 3.05) is 26.3 Å². The standard InChI is InChI=1S/C16H23NO4/c1-3-15(18)13-4-6-14(7-5-13)21-12(2)16(19)17-8-10-20-11-9-17/h4-7,12,15,18H,3,8-11H2,1-2H3/t12?,15-/m0/s1. The summed E-state index contributed by atoms with van der Waals surface area (Å²) in [6.45, 7) is 6.09. The Balaban J connectivity index is 1.92. The molecule has 1 aliphatic heterocycles. The molecule has 1 amide bonds. The van der Waals surface area contributed by atoms with Gasteiger partial charge in [-0.2, -0.15) is 0 Å². The Bertz CT molecular complexity index is 454. The number of carbonyl (C=O) groups is 1. The normalized spacial score (nSPS) is 18.1. The average Bonchev–Trinajstić information content (AvgIpc) is 2.55. The first-order chi connectivity index (χ1) is 10.1. The summed E-state index contributed by atoms with van der Waals surface area (Å²) in [6, 6.07) is 7.24. The van der Waals surface area contributed by atoms with Crippen LogP contribution in [0.2, 0.25) is 0 Å². The highest BCUT2D eigenvalue weighted by Crippen LogP contribution is 2.20. The van der Waals surface area contributed by atoms with E-state index in [2.05, 4.69) is 0 Å². The highest BCUT2D eigenvalue weighted by Gasteiger charge is 2.23. The summed E-state index contributed by atoms with van der Waals surface area (Å²) in [7, 11) is 0. The predicted octanol–water partition coefficient (Wildman–Crippen LogP) is 1.76. The maximum absolute atomic E-state index is 12.2. The molecular weight excluding hydrogens is 270 g/mol. The lowest BCUT2D eigenvalue weighted by Gasteiger charge is -2.29.